The molecule has 6 heteroatoms. The second-order valence-corrected chi connectivity index (χ2v) is 5.49. The smallest absolute Gasteiger partial charge is 0.338 e. The zero-order valence-electron chi connectivity index (χ0n) is 14.5. The van der Waals surface area contributed by atoms with Crippen LogP contribution in [-0.4, -0.2) is 30.0 Å². The van der Waals surface area contributed by atoms with Gasteiger partial charge >= 0.3 is 5.97 Å². The van der Waals surface area contributed by atoms with E-state index in [1.165, 1.54) is 6.20 Å². The molecule has 2 rings (SSSR count). The maximum atomic E-state index is 12.3. The number of hydrogen-bond donors (Lipinski definition) is 2. The fraction of sp³-hybridized carbons (Fsp3) is 0.316. The Bertz CT molecular complexity index is 714. The van der Waals surface area contributed by atoms with Crippen LogP contribution in [0.15, 0.2) is 42.7 Å². The van der Waals surface area contributed by atoms with Crippen molar-refractivity contribution in [1.82, 2.24) is 4.98 Å². The van der Waals surface area contributed by atoms with Crippen LogP contribution in [0.2, 0.25) is 0 Å². The topological polar surface area (TPSA) is 80.3 Å². The summed E-state index contributed by atoms with van der Waals surface area (Å²) in [6.45, 7) is 5.05. The van der Waals surface area contributed by atoms with Gasteiger partial charge in [-0.25, -0.2) is 4.79 Å². The standard InChI is InChI=1S/C19H23N3O3/c1-3-5-10-21-17-11-15(12-20-13-17)18(23)22-16-8-6-14(7-9-16)19(24)25-4-2/h6-9,11-13,21H,3-5,10H2,1-2H3,(H,22,23). The van der Waals surface area contributed by atoms with Gasteiger partial charge in [0.15, 0.2) is 0 Å². The van der Waals surface area contributed by atoms with E-state index in [1.54, 1.807) is 43.5 Å². The zero-order chi connectivity index (χ0) is 18.1. The van der Waals surface area contributed by atoms with E-state index >= 15 is 0 Å². The molecule has 25 heavy (non-hydrogen) atoms. The van der Waals surface area contributed by atoms with Gasteiger partial charge < -0.3 is 15.4 Å². The normalized spacial score (nSPS) is 10.2. The summed E-state index contributed by atoms with van der Waals surface area (Å²) in [5.41, 5.74) is 2.33. The van der Waals surface area contributed by atoms with Crippen molar-refractivity contribution in [2.75, 3.05) is 23.8 Å². The zero-order valence-corrected chi connectivity index (χ0v) is 14.5. The van der Waals surface area contributed by atoms with Crippen molar-refractivity contribution in [2.24, 2.45) is 0 Å². The molecule has 2 aromatic rings. The highest BCUT2D eigenvalue weighted by Crippen LogP contribution is 2.14. The Labute approximate surface area is 147 Å². The molecule has 0 saturated heterocycles. The first-order valence-corrected chi connectivity index (χ1v) is 8.41. The molecule has 0 radical (unpaired) electrons. The average Bonchev–Trinajstić information content (AvgIpc) is 2.63. The van der Waals surface area contributed by atoms with Crippen molar-refractivity contribution in [3.63, 3.8) is 0 Å². The molecule has 0 aliphatic heterocycles. The van der Waals surface area contributed by atoms with Crippen LogP contribution in [0, 0.1) is 0 Å². The van der Waals surface area contributed by atoms with Crippen molar-refractivity contribution in [3.8, 4) is 0 Å². The molecule has 6 nitrogen and oxygen atoms in total. The summed E-state index contributed by atoms with van der Waals surface area (Å²) in [6.07, 6.45) is 5.37. The minimum absolute atomic E-state index is 0.254. The number of rotatable bonds is 8. The van der Waals surface area contributed by atoms with Gasteiger partial charge in [-0.05, 0) is 43.7 Å². The molecular weight excluding hydrogens is 318 g/mol. The van der Waals surface area contributed by atoms with E-state index in [0.717, 1.165) is 25.1 Å². The number of nitrogens with zero attached hydrogens (tertiary/aromatic N) is 1. The van der Waals surface area contributed by atoms with Crippen LogP contribution in [0.3, 0.4) is 0 Å². The highest BCUT2D eigenvalue weighted by atomic mass is 16.5. The fourth-order valence-electron chi connectivity index (χ4n) is 2.18. The summed E-state index contributed by atoms with van der Waals surface area (Å²) < 4.78 is 4.93. The Balaban J connectivity index is 1.99. The molecular formula is C19H23N3O3. The average molecular weight is 341 g/mol. The number of amides is 1. The van der Waals surface area contributed by atoms with Crippen LogP contribution in [0.1, 0.15) is 47.4 Å². The fourth-order valence-corrected chi connectivity index (χ4v) is 2.18. The molecule has 1 amide bonds. The molecule has 0 aliphatic carbocycles. The van der Waals surface area contributed by atoms with Gasteiger partial charge in [0, 0.05) is 24.6 Å². The van der Waals surface area contributed by atoms with Gasteiger partial charge in [0.25, 0.3) is 5.91 Å². The third-order valence-corrected chi connectivity index (χ3v) is 3.51. The summed E-state index contributed by atoms with van der Waals surface area (Å²) in [7, 11) is 0. The molecule has 0 fully saturated rings. The van der Waals surface area contributed by atoms with E-state index in [4.69, 9.17) is 4.74 Å². The lowest BCUT2D eigenvalue weighted by Gasteiger charge is -2.09. The summed E-state index contributed by atoms with van der Waals surface area (Å²) in [5.74, 6) is -0.633. The van der Waals surface area contributed by atoms with Gasteiger partial charge in [-0.15, -0.1) is 0 Å². The summed E-state index contributed by atoms with van der Waals surface area (Å²) >= 11 is 0. The Hall–Kier alpha value is -2.89. The second-order valence-electron chi connectivity index (χ2n) is 5.49. The Morgan fingerprint density at radius 1 is 1.04 bits per heavy atom. The number of ether oxygens (including phenoxy) is 1. The number of carbonyl (C=O) groups is 2. The first kappa shape index (κ1) is 18.4. The molecule has 0 saturated carbocycles. The number of benzene rings is 1. The highest BCUT2D eigenvalue weighted by Gasteiger charge is 2.09. The van der Waals surface area contributed by atoms with Crippen molar-refractivity contribution >= 4 is 23.3 Å². The van der Waals surface area contributed by atoms with Crippen molar-refractivity contribution < 1.29 is 14.3 Å². The van der Waals surface area contributed by atoms with Crippen molar-refractivity contribution in [3.05, 3.63) is 53.9 Å². The number of aromatic nitrogens is 1. The van der Waals surface area contributed by atoms with Crippen LogP contribution >= 0.6 is 0 Å². The third kappa shape index (κ3) is 5.60. The van der Waals surface area contributed by atoms with Gasteiger partial charge in [-0.3, -0.25) is 9.78 Å². The maximum absolute atomic E-state index is 12.3. The Morgan fingerprint density at radius 2 is 1.80 bits per heavy atom. The minimum Gasteiger partial charge on any atom is -0.462 e. The van der Waals surface area contributed by atoms with E-state index in [0.29, 0.717) is 23.4 Å². The minimum atomic E-state index is -0.379. The largest absolute Gasteiger partial charge is 0.462 e. The van der Waals surface area contributed by atoms with Gasteiger partial charge in [0.2, 0.25) is 0 Å². The highest BCUT2D eigenvalue weighted by molar-refractivity contribution is 6.04. The SMILES string of the molecule is CCCCNc1cncc(C(=O)Nc2ccc(C(=O)OCC)cc2)c1. The molecule has 0 spiro atoms. The molecule has 1 aromatic heterocycles. The van der Waals surface area contributed by atoms with Crippen LogP contribution in [0.25, 0.3) is 0 Å². The van der Waals surface area contributed by atoms with E-state index in [-0.39, 0.29) is 11.9 Å². The van der Waals surface area contributed by atoms with E-state index in [9.17, 15) is 9.59 Å². The second kappa shape index (κ2) is 9.42. The number of pyridine rings is 1. The molecule has 132 valence electrons. The lowest BCUT2D eigenvalue weighted by Crippen LogP contribution is -2.13. The molecule has 2 N–H and O–H groups in total. The van der Waals surface area contributed by atoms with Crippen molar-refractivity contribution in [2.45, 2.75) is 26.7 Å². The predicted molar refractivity (Wildman–Crippen MR) is 98.0 cm³/mol. The quantitative estimate of drug-likeness (QED) is 0.565. The maximum Gasteiger partial charge on any atom is 0.338 e. The number of nitrogens with one attached hydrogen (secondary N) is 2. The lowest BCUT2D eigenvalue weighted by molar-refractivity contribution is 0.0526. The van der Waals surface area contributed by atoms with E-state index in [2.05, 4.69) is 22.5 Å². The van der Waals surface area contributed by atoms with Crippen LogP contribution in [0.5, 0.6) is 0 Å². The number of unbranched alkanes of at least 4 members (excludes halogenated alkanes) is 1. The summed E-state index contributed by atoms with van der Waals surface area (Å²) in [6, 6.07) is 8.34. The molecule has 0 unspecified atom stereocenters. The third-order valence-electron chi connectivity index (χ3n) is 3.51. The molecule has 1 heterocycles. The monoisotopic (exact) mass is 341 g/mol. The van der Waals surface area contributed by atoms with Gasteiger partial charge in [0.05, 0.1) is 23.4 Å². The number of hydrogen-bond acceptors (Lipinski definition) is 5. The lowest BCUT2D eigenvalue weighted by atomic mass is 10.2. The number of carbonyl (C=O) groups excluding carboxylic acids is 2. The molecule has 0 bridgehead atoms. The predicted octanol–water partition coefficient (Wildman–Crippen LogP) is 3.72. The van der Waals surface area contributed by atoms with E-state index < -0.39 is 0 Å². The van der Waals surface area contributed by atoms with Gasteiger partial charge in [-0.2, -0.15) is 0 Å². The van der Waals surface area contributed by atoms with E-state index in [1.807, 2.05) is 0 Å². The summed E-state index contributed by atoms with van der Waals surface area (Å²) in [4.78, 5) is 28.1. The van der Waals surface area contributed by atoms with Crippen LogP contribution < -0.4 is 10.6 Å². The first-order valence-electron chi connectivity index (χ1n) is 8.41. The Kier molecular flexibility index (Phi) is 6.95. The van der Waals surface area contributed by atoms with Crippen molar-refractivity contribution in [1.29, 1.82) is 0 Å². The van der Waals surface area contributed by atoms with Gasteiger partial charge in [-0.1, -0.05) is 13.3 Å². The number of anilines is 2. The van der Waals surface area contributed by atoms with Crippen LogP contribution in [0.4, 0.5) is 11.4 Å². The van der Waals surface area contributed by atoms with Gasteiger partial charge in [0.1, 0.15) is 0 Å². The first-order chi connectivity index (χ1) is 12.1. The molecule has 1 aromatic carbocycles. The summed E-state index contributed by atoms with van der Waals surface area (Å²) in [5, 5.41) is 6.03. The Morgan fingerprint density at radius 3 is 2.48 bits per heavy atom. The number of esters is 1. The van der Waals surface area contributed by atoms with Crippen LogP contribution in [-0.2, 0) is 4.74 Å². The molecule has 0 aliphatic rings. The molecule has 0 atom stereocenters.